The lowest BCUT2D eigenvalue weighted by Crippen LogP contribution is -2.24. The van der Waals surface area contributed by atoms with Crippen LogP contribution < -0.4 is 5.32 Å². The SMILES string of the molecule is CN(C)Cc1cncc(NC(=O)c2n[nH]c3ccc(-c4cncc(CN5CCC(F)(F)C5)c4)cc23)c1. The van der Waals surface area contributed by atoms with Crippen LogP contribution in [0.15, 0.2) is 55.1 Å². The monoisotopic (exact) mass is 491 g/mol. The number of alkyl halides is 2. The number of aromatic amines is 1. The lowest BCUT2D eigenvalue weighted by molar-refractivity contribution is 0.0115. The zero-order chi connectivity index (χ0) is 25.3. The number of nitrogens with zero attached hydrogens (tertiary/aromatic N) is 5. The molecule has 0 atom stereocenters. The fourth-order valence-corrected chi connectivity index (χ4v) is 4.50. The van der Waals surface area contributed by atoms with Crippen LogP contribution in [-0.4, -0.2) is 69.0 Å². The van der Waals surface area contributed by atoms with Gasteiger partial charge in [0.25, 0.3) is 11.8 Å². The van der Waals surface area contributed by atoms with Crippen LogP contribution in [0.25, 0.3) is 22.0 Å². The number of hydrogen-bond acceptors (Lipinski definition) is 6. The van der Waals surface area contributed by atoms with Gasteiger partial charge in [-0.3, -0.25) is 24.8 Å². The smallest absolute Gasteiger partial charge is 0.276 e. The Labute approximate surface area is 207 Å². The molecule has 2 N–H and O–H groups in total. The Morgan fingerprint density at radius 1 is 1.08 bits per heavy atom. The van der Waals surface area contributed by atoms with Crippen molar-refractivity contribution in [3.05, 3.63) is 71.9 Å². The zero-order valence-corrected chi connectivity index (χ0v) is 20.1. The number of nitrogens with one attached hydrogen (secondary N) is 2. The second kappa shape index (κ2) is 9.71. The first-order valence-electron chi connectivity index (χ1n) is 11.7. The van der Waals surface area contributed by atoms with Crippen molar-refractivity contribution in [1.82, 2.24) is 30.0 Å². The van der Waals surface area contributed by atoms with Gasteiger partial charge < -0.3 is 10.2 Å². The highest BCUT2D eigenvalue weighted by atomic mass is 19.3. The van der Waals surface area contributed by atoms with Gasteiger partial charge in [0, 0.05) is 55.6 Å². The number of H-pyrrole nitrogens is 1. The molecule has 0 aliphatic carbocycles. The molecule has 4 heterocycles. The van der Waals surface area contributed by atoms with Gasteiger partial charge in [0.1, 0.15) is 0 Å². The normalized spacial score (nSPS) is 15.6. The predicted octanol–water partition coefficient (Wildman–Crippen LogP) is 4.17. The maximum Gasteiger partial charge on any atom is 0.276 e. The van der Waals surface area contributed by atoms with Crippen LogP contribution in [0.5, 0.6) is 0 Å². The van der Waals surface area contributed by atoms with Crippen LogP contribution in [-0.2, 0) is 13.1 Å². The fraction of sp³-hybridized carbons (Fsp3) is 0.308. The molecular formula is C26H27F2N7O. The van der Waals surface area contributed by atoms with Gasteiger partial charge in [-0.1, -0.05) is 6.07 Å². The first-order chi connectivity index (χ1) is 17.3. The summed E-state index contributed by atoms with van der Waals surface area (Å²) >= 11 is 0. The van der Waals surface area contributed by atoms with Crippen LogP contribution >= 0.6 is 0 Å². The van der Waals surface area contributed by atoms with Crippen LogP contribution in [0.1, 0.15) is 28.0 Å². The van der Waals surface area contributed by atoms with Crippen LogP contribution in [0.3, 0.4) is 0 Å². The molecule has 0 saturated carbocycles. The van der Waals surface area contributed by atoms with Crippen LogP contribution in [0, 0.1) is 0 Å². The zero-order valence-electron chi connectivity index (χ0n) is 20.1. The Hall–Kier alpha value is -3.76. The van der Waals surface area contributed by atoms with Crippen molar-refractivity contribution in [3.63, 3.8) is 0 Å². The van der Waals surface area contributed by atoms with E-state index in [0.717, 1.165) is 27.8 Å². The molecule has 1 amide bonds. The van der Waals surface area contributed by atoms with E-state index in [0.29, 0.717) is 30.7 Å². The molecule has 1 aliphatic rings. The largest absolute Gasteiger partial charge is 0.319 e. The minimum Gasteiger partial charge on any atom is -0.319 e. The number of fused-ring (bicyclic) bond motifs is 1. The average molecular weight is 492 g/mol. The lowest BCUT2D eigenvalue weighted by Gasteiger charge is -2.15. The molecule has 4 aromatic rings. The fourth-order valence-electron chi connectivity index (χ4n) is 4.50. The van der Waals surface area contributed by atoms with E-state index in [1.165, 1.54) is 0 Å². The number of carbonyl (C=O) groups is 1. The topological polar surface area (TPSA) is 90.0 Å². The highest BCUT2D eigenvalue weighted by Gasteiger charge is 2.37. The number of carbonyl (C=O) groups excluding carboxylic acids is 1. The van der Waals surface area contributed by atoms with Gasteiger partial charge in [0.05, 0.1) is 23.9 Å². The second-order valence-electron chi connectivity index (χ2n) is 9.50. The molecule has 0 radical (unpaired) electrons. The summed E-state index contributed by atoms with van der Waals surface area (Å²) in [6, 6.07) is 9.51. The van der Waals surface area contributed by atoms with Crippen molar-refractivity contribution < 1.29 is 13.6 Å². The molecule has 5 rings (SSSR count). The minimum absolute atomic E-state index is 0.113. The number of halogens is 2. The quantitative estimate of drug-likeness (QED) is 0.403. The van der Waals surface area contributed by atoms with Gasteiger partial charge in [-0.05, 0) is 55.1 Å². The number of aromatic nitrogens is 4. The highest BCUT2D eigenvalue weighted by molar-refractivity contribution is 6.11. The molecule has 0 bridgehead atoms. The Morgan fingerprint density at radius 2 is 1.89 bits per heavy atom. The molecule has 10 heteroatoms. The van der Waals surface area contributed by atoms with E-state index in [2.05, 4.69) is 25.5 Å². The van der Waals surface area contributed by atoms with Crippen molar-refractivity contribution >= 4 is 22.5 Å². The molecule has 3 aromatic heterocycles. The minimum atomic E-state index is -2.63. The first kappa shape index (κ1) is 24.0. The molecule has 1 aromatic carbocycles. The molecular weight excluding hydrogens is 464 g/mol. The number of benzene rings is 1. The average Bonchev–Trinajstić information content (AvgIpc) is 3.41. The molecule has 8 nitrogen and oxygen atoms in total. The Morgan fingerprint density at radius 3 is 2.67 bits per heavy atom. The molecule has 36 heavy (non-hydrogen) atoms. The number of amides is 1. The van der Waals surface area contributed by atoms with Gasteiger partial charge in [-0.2, -0.15) is 5.10 Å². The highest BCUT2D eigenvalue weighted by Crippen LogP contribution is 2.29. The van der Waals surface area contributed by atoms with Crippen molar-refractivity contribution in [2.75, 3.05) is 32.5 Å². The number of anilines is 1. The Kier molecular flexibility index (Phi) is 6.46. The Bertz CT molecular complexity index is 1400. The maximum atomic E-state index is 13.6. The van der Waals surface area contributed by atoms with E-state index in [1.807, 2.05) is 49.3 Å². The lowest BCUT2D eigenvalue weighted by atomic mass is 10.0. The van der Waals surface area contributed by atoms with Gasteiger partial charge in [-0.25, -0.2) is 8.78 Å². The molecule has 186 valence electrons. The Balaban J connectivity index is 1.37. The molecule has 1 aliphatic heterocycles. The van der Waals surface area contributed by atoms with Crippen LogP contribution in [0.4, 0.5) is 14.5 Å². The van der Waals surface area contributed by atoms with E-state index in [4.69, 9.17) is 0 Å². The van der Waals surface area contributed by atoms with E-state index in [1.54, 1.807) is 29.7 Å². The van der Waals surface area contributed by atoms with Gasteiger partial charge in [0.15, 0.2) is 5.69 Å². The number of hydrogen-bond donors (Lipinski definition) is 2. The summed E-state index contributed by atoms with van der Waals surface area (Å²) in [5, 5.41) is 10.7. The van der Waals surface area contributed by atoms with E-state index >= 15 is 0 Å². The van der Waals surface area contributed by atoms with Gasteiger partial charge >= 0.3 is 0 Å². The molecule has 1 fully saturated rings. The molecule has 0 unspecified atom stereocenters. The standard InChI is InChI=1S/C26H27F2N7O/c1-34(2)14-18-8-21(13-30-11-18)31-25(36)24-22-9-19(3-4-23(22)32-33-24)20-7-17(10-29-12-20)15-35-6-5-26(27,28)16-35/h3-4,7-13H,5-6,14-16H2,1-2H3,(H,31,36)(H,32,33). The summed E-state index contributed by atoms with van der Waals surface area (Å²) in [5.74, 6) is -2.97. The summed E-state index contributed by atoms with van der Waals surface area (Å²) in [6.45, 7) is 1.26. The number of pyridine rings is 2. The first-order valence-corrected chi connectivity index (χ1v) is 11.7. The summed E-state index contributed by atoms with van der Waals surface area (Å²) in [5.41, 5.74) is 5.14. The second-order valence-corrected chi connectivity index (χ2v) is 9.50. The third-order valence-electron chi connectivity index (χ3n) is 6.11. The van der Waals surface area contributed by atoms with Crippen molar-refractivity contribution in [3.8, 4) is 11.1 Å². The predicted molar refractivity (Wildman–Crippen MR) is 134 cm³/mol. The molecule has 0 spiro atoms. The van der Waals surface area contributed by atoms with Gasteiger partial charge in [0.2, 0.25) is 0 Å². The maximum absolute atomic E-state index is 13.6. The van der Waals surface area contributed by atoms with Crippen LogP contribution in [0.2, 0.25) is 0 Å². The van der Waals surface area contributed by atoms with E-state index in [-0.39, 0.29) is 24.6 Å². The van der Waals surface area contributed by atoms with E-state index in [9.17, 15) is 13.6 Å². The number of likely N-dealkylation sites (tertiary alicyclic amines) is 1. The summed E-state index contributed by atoms with van der Waals surface area (Å²) in [6.07, 6.45) is 6.69. The third kappa shape index (κ3) is 5.39. The van der Waals surface area contributed by atoms with Crippen molar-refractivity contribution in [1.29, 1.82) is 0 Å². The van der Waals surface area contributed by atoms with Crippen molar-refractivity contribution in [2.24, 2.45) is 0 Å². The summed E-state index contributed by atoms with van der Waals surface area (Å²) < 4.78 is 27.1. The van der Waals surface area contributed by atoms with Crippen molar-refractivity contribution in [2.45, 2.75) is 25.4 Å². The van der Waals surface area contributed by atoms with E-state index < -0.39 is 5.92 Å². The van der Waals surface area contributed by atoms with Gasteiger partial charge in [-0.15, -0.1) is 0 Å². The number of rotatable bonds is 7. The summed E-state index contributed by atoms with van der Waals surface area (Å²) in [4.78, 5) is 25.4. The summed E-state index contributed by atoms with van der Waals surface area (Å²) in [7, 11) is 3.93. The molecule has 1 saturated heterocycles. The third-order valence-corrected chi connectivity index (χ3v) is 6.11.